The van der Waals surface area contributed by atoms with Crippen molar-refractivity contribution >= 4 is 35.6 Å². The van der Waals surface area contributed by atoms with E-state index in [9.17, 15) is 29.1 Å². The molecule has 33 heavy (non-hydrogen) atoms. The molecule has 5 unspecified atom stereocenters. The first-order valence-corrected chi connectivity index (χ1v) is 10.2. The number of nitrogens with two attached hydrogens (primary N) is 4. The van der Waals surface area contributed by atoms with Gasteiger partial charge in [-0.2, -0.15) is 0 Å². The zero-order valence-corrected chi connectivity index (χ0v) is 18.6. The maximum Gasteiger partial charge on any atom is 0.325 e. The largest absolute Gasteiger partial charge is 0.480 e. The third kappa shape index (κ3) is 12.2. The number of aliphatic hydroxyl groups excluding tert-OH is 1. The summed E-state index contributed by atoms with van der Waals surface area (Å²) in [5.74, 6) is -4.73. The van der Waals surface area contributed by atoms with Crippen LogP contribution in [-0.4, -0.2) is 82.6 Å². The Kier molecular flexibility index (Phi) is 13.0. The highest BCUT2D eigenvalue weighted by Gasteiger charge is 2.31. The first-order chi connectivity index (χ1) is 15.3. The summed E-state index contributed by atoms with van der Waals surface area (Å²) in [6.07, 6.45) is -1.32. The molecule has 0 aliphatic heterocycles. The quantitative estimate of drug-likeness (QED) is 0.0623. The van der Waals surface area contributed by atoms with Crippen molar-refractivity contribution in [2.45, 2.75) is 69.8 Å². The van der Waals surface area contributed by atoms with Crippen molar-refractivity contribution in [3.63, 3.8) is 0 Å². The molecule has 5 atom stereocenters. The van der Waals surface area contributed by atoms with Crippen LogP contribution in [0.2, 0.25) is 0 Å². The lowest BCUT2D eigenvalue weighted by Gasteiger charge is -2.26. The smallest absolute Gasteiger partial charge is 0.325 e. The number of rotatable bonds is 15. The van der Waals surface area contributed by atoms with Crippen LogP contribution in [0.25, 0.3) is 0 Å². The van der Waals surface area contributed by atoms with Gasteiger partial charge in [0.1, 0.15) is 18.1 Å². The summed E-state index contributed by atoms with van der Waals surface area (Å²) < 4.78 is 0. The topological polar surface area (TPSA) is 278 Å². The van der Waals surface area contributed by atoms with E-state index in [0.29, 0.717) is 6.42 Å². The van der Waals surface area contributed by atoms with Crippen molar-refractivity contribution in [1.82, 2.24) is 16.0 Å². The Morgan fingerprint density at radius 3 is 2.00 bits per heavy atom. The van der Waals surface area contributed by atoms with Crippen molar-refractivity contribution in [1.29, 1.82) is 0 Å². The third-order valence-corrected chi connectivity index (χ3v) is 4.41. The second-order valence-electron chi connectivity index (χ2n) is 7.42. The first-order valence-electron chi connectivity index (χ1n) is 10.2. The number of nitrogens with one attached hydrogen (secondary N) is 3. The van der Waals surface area contributed by atoms with Crippen LogP contribution in [0.3, 0.4) is 0 Å². The Balaban J connectivity index is 5.21. The Labute approximate surface area is 190 Å². The fourth-order valence-corrected chi connectivity index (χ4v) is 2.51. The normalized spacial score (nSPS) is 15.2. The molecular weight excluding hydrogens is 440 g/mol. The van der Waals surface area contributed by atoms with E-state index in [-0.39, 0.29) is 31.8 Å². The molecule has 0 saturated carbocycles. The van der Waals surface area contributed by atoms with Gasteiger partial charge in [-0.1, -0.05) is 0 Å². The van der Waals surface area contributed by atoms with Crippen molar-refractivity contribution in [2.24, 2.45) is 27.9 Å². The molecule has 0 aromatic heterocycles. The van der Waals surface area contributed by atoms with Crippen LogP contribution in [0.5, 0.6) is 0 Å². The molecule has 4 amide bonds. The number of carbonyl (C=O) groups is 5. The van der Waals surface area contributed by atoms with Gasteiger partial charge in [0.15, 0.2) is 5.96 Å². The number of aliphatic imine (C=N–C) groups is 1. The molecule has 0 aromatic carbocycles. The third-order valence-electron chi connectivity index (χ3n) is 4.41. The minimum Gasteiger partial charge on any atom is -0.480 e. The molecule has 15 nitrogen and oxygen atoms in total. The van der Waals surface area contributed by atoms with E-state index in [1.807, 2.05) is 0 Å². The van der Waals surface area contributed by atoms with Crippen LogP contribution in [-0.2, 0) is 24.0 Å². The molecule has 0 saturated heterocycles. The van der Waals surface area contributed by atoms with Crippen molar-refractivity contribution in [3.05, 3.63) is 0 Å². The molecule has 0 radical (unpaired) electrons. The second-order valence-corrected chi connectivity index (χ2v) is 7.42. The summed E-state index contributed by atoms with van der Waals surface area (Å²) in [6, 6.07) is -5.13. The lowest BCUT2D eigenvalue weighted by atomic mass is 10.1. The van der Waals surface area contributed by atoms with Crippen LogP contribution in [0.15, 0.2) is 4.99 Å². The monoisotopic (exact) mass is 474 g/mol. The van der Waals surface area contributed by atoms with Crippen molar-refractivity contribution in [3.8, 4) is 0 Å². The highest BCUT2D eigenvalue weighted by atomic mass is 16.4. The average Bonchev–Trinajstić information content (AvgIpc) is 2.70. The first kappa shape index (κ1) is 29.5. The Morgan fingerprint density at radius 2 is 1.52 bits per heavy atom. The lowest BCUT2D eigenvalue weighted by Crippen LogP contribution is -2.59. The molecule has 188 valence electrons. The number of hydrogen-bond acceptors (Lipinski definition) is 8. The molecule has 13 N–H and O–H groups in total. The van der Waals surface area contributed by atoms with Gasteiger partial charge >= 0.3 is 5.97 Å². The molecule has 0 bridgehead atoms. The fraction of sp³-hybridized carbons (Fsp3) is 0.667. The number of guanidine groups is 1. The number of hydrogen-bond donors (Lipinski definition) is 9. The van der Waals surface area contributed by atoms with Crippen molar-refractivity contribution in [2.75, 3.05) is 6.54 Å². The highest BCUT2D eigenvalue weighted by molar-refractivity contribution is 5.94. The van der Waals surface area contributed by atoms with Crippen LogP contribution in [0.1, 0.15) is 39.5 Å². The van der Waals surface area contributed by atoms with Gasteiger partial charge in [0.25, 0.3) is 0 Å². The predicted octanol–water partition coefficient (Wildman–Crippen LogP) is -4.43. The van der Waals surface area contributed by atoms with Crippen LogP contribution >= 0.6 is 0 Å². The molecule has 15 heteroatoms. The summed E-state index contributed by atoms with van der Waals surface area (Å²) in [5.41, 5.74) is 21.3. The number of amides is 4. The van der Waals surface area contributed by atoms with E-state index in [2.05, 4.69) is 20.9 Å². The minimum absolute atomic E-state index is 0.105. The van der Waals surface area contributed by atoms with Gasteiger partial charge < -0.3 is 49.1 Å². The fourth-order valence-electron chi connectivity index (χ4n) is 2.51. The summed E-state index contributed by atoms with van der Waals surface area (Å²) >= 11 is 0. The highest BCUT2D eigenvalue weighted by Crippen LogP contribution is 2.03. The minimum atomic E-state index is -1.48. The number of carboxylic acid groups (broad SMARTS) is 1. The van der Waals surface area contributed by atoms with Gasteiger partial charge in [-0.05, 0) is 33.1 Å². The second kappa shape index (κ2) is 14.6. The molecule has 0 fully saturated rings. The Bertz CT molecular complexity index is 739. The molecule has 0 rings (SSSR count). The Hall–Kier alpha value is -3.46. The summed E-state index contributed by atoms with van der Waals surface area (Å²) in [5, 5.41) is 25.7. The van der Waals surface area contributed by atoms with E-state index in [1.54, 1.807) is 0 Å². The molecule has 0 aliphatic carbocycles. The number of carbonyl (C=O) groups excluding carboxylic acids is 4. The molecule has 0 aromatic rings. The van der Waals surface area contributed by atoms with E-state index in [4.69, 9.17) is 28.0 Å². The maximum absolute atomic E-state index is 12.7. The zero-order valence-electron chi connectivity index (χ0n) is 18.6. The van der Waals surface area contributed by atoms with Crippen LogP contribution < -0.4 is 38.9 Å². The van der Waals surface area contributed by atoms with Crippen molar-refractivity contribution < 1.29 is 34.2 Å². The van der Waals surface area contributed by atoms with E-state index < -0.39 is 59.9 Å². The van der Waals surface area contributed by atoms with Gasteiger partial charge in [-0.15, -0.1) is 0 Å². The van der Waals surface area contributed by atoms with E-state index in [1.165, 1.54) is 13.8 Å². The van der Waals surface area contributed by atoms with Gasteiger partial charge in [0.2, 0.25) is 23.6 Å². The van der Waals surface area contributed by atoms with E-state index in [0.717, 1.165) is 0 Å². The molecule has 0 heterocycles. The number of carboxylic acids is 1. The molecule has 0 spiro atoms. The SMILES string of the molecule is CC(NC(=O)C(CCC(N)=O)NC(=O)C(NC(=O)C(N)CCCN=C(N)N)C(C)O)C(=O)O. The van der Waals surface area contributed by atoms with Crippen LogP contribution in [0.4, 0.5) is 0 Å². The standard InChI is InChI=1S/C18H34N8O7/c1-8(17(32)33)24-15(30)11(5-6-12(20)28)25-16(31)13(9(2)27)26-14(29)10(19)4-3-7-23-18(21)22/h8-11,13,27H,3-7,19H2,1-2H3,(H2,20,28)(H,24,30)(H,25,31)(H,26,29)(H,32,33)(H4,21,22,23). The predicted molar refractivity (Wildman–Crippen MR) is 117 cm³/mol. The zero-order chi connectivity index (χ0) is 25.7. The maximum atomic E-state index is 12.7. The average molecular weight is 475 g/mol. The Morgan fingerprint density at radius 1 is 0.909 bits per heavy atom. The number of nitrogens with zero attached hydrogens (tertiary/aromatic N) is 1. The lowest BCUT2D eigenvalue weighted by molar-refractivity contribution is -0.142. The van der Waals surface area contributed by atoms with Gasteiger partial charge in [0, 0.05) is 13.0 Å². The van der Waals surface area contributed by atoms with Gasteiger partial charge in [-0.3, -0.25) is 29.0 Å². The van der Waals surface area contributed by atoms with Gasteiger partial charge in [0.05, 0.1) is 12.1 Å². The van der Waals surface area contributed by atoms with Crippen LogP contribution in [0, 0.1) is 0 Å². The number of aliphatic carboxylic acids is 1. The molecule has 0 aliphatic rings. The molecular formula is C18H34N8O7. The van der Waals surface area contributed by atoms with Gasteiger partial charge in [-0.25, -0.2) is 0 Å². The summed E-state index contributed by atoms with van der Waals surface area (Å²) in [6.45, 7) is 2.69. The number of primary amides is 1. The summed E-state index contributed by atoms with van der Waals surface area (Å²) in [7, 11) is 0. The summed E-state index contributed by atoms with van der Waals surface area (Å²) in [4.78, 5) is 63.2. The number of aliphatic hydroxyl groups is 1. The van der Waals surface area contributed by atoms with E-state index >= 15 is 0 Å².